The summed E-state index contributed by atoms with van der Waals surface area (Å²) in [7, 11) is 0. The van der Waals surface area contributed by atoms with E-state index < -0.39 is 0 Å². The van der Waals surface area contributed by atoms with Crippen molar-refractivity contribution >= 4 is 0 Å². The topological polar surface area (TPSA) is 20.2 Å². The molecule has 3 unspecified atom stereocenters. The molecule has 1 N–H and O–H groups in total. The molecule has 3 atom stereocenters. The van der Waals surface area contributed by atoms with Crippen molar-refractivity contribution in [1.29, 1.82) is 0 Å². The number of hydrogen-bond acceptors (Lipinski definition) is 1. The molecule has 1 aromatic carbocycles. The van der Waals surface area contributed by atoms with Crippen LogP contribution in [0.5, 0.6) is 0 Å². The zero-order chi connectivity index (χ0) is 13.3. The smallest absolute Gasteiger partial charge is 0.0611 e. The lowest BCUT2D eigenvalue weighted by Gasteiger charge is -2.24. The van der Waals surface area contributed by atoms with Crippen molar-refractivity contribution in [2.45, 2.75) is 59.5 Å². The fourth-order valence-electron chi connectivity index (χ4n) is 3.64. The normalized spacial score (nSPS) is 25.4. The van der Waals surface area contributed by atoms with Crippen LogP contribution >= 0.6 is 0 Å². The maximum absolute atomic E-state index is 10.5. The predicted octanol–water partition coefficient (Wildman–Crippen LogP) is 3.95. The Kier molecular flexibility index (Phi) is 4.11. The van der Waals surface area contributed by atoms with Crippen molar-refractivity contribution in [3.05, 3.63) is 34.4 Å². The molecule has 1 aromatic rings. The summed E-state index contributed by atoms with van der Waals surface area (Å²) in [6, 6.07) is 4.46. The number of hydrogen-bond donors (Lipinski definition) is 1. The molecule has 0 aliphatic heterocycles. The lowest BCUT2D eigenvalue weighted by atomic mass is 9.86. The third kappa shape index (κ3) is 2.77. The maximum Gasteiger partial charge on any atom is 0.0611 e. The first-order chi connectivity index (χ1) is 8.49. The van der Waals surface area contributed by atoms with Gasteiger partial charge < -0.3 is 5.11 Å². The third-order valence-electron chi connectivity index (χ3n) is 4.68. The Morgan fingerprint density at radius 2 is 1.78 bits per heavy atom. The van der Waals surface area contributed by atoms with Gasteiger partial charge in [-0.2, -0.15) is 0 Å². The Labute approximate surface area is 111 Å². The largest absolute Gasteiger partial charge is 0.392 e. The molecule has 18 heavy (non-hydrogen) atoms. The summed E-state index contributed by atoms with van der Waals surface area (Å²) < 4.78 is 0. The molecule has 1 nitrogen and oxygen atoms in total. The molecule has 0 spiro atoms. The van der Waals surface area contributed by atoms with Crippen LogP contribution in [-0.2, 0) is 6.42 Å². The van der Waals surface area contributed by atoms with Crippen LogP contribution in [0.4, 0.5) is 0 Å². The average Bonchev–Trinajstić information content (AvgIpc) is 2.69. The van der Waals surface area contributed by atoms with Crippen molar-refractivity contribution in [2.75, 3.05) is 0 Å². The maximum atomic E-state index is 10.5. The van der Waals surface area contributed by atoms with Crippen LogP contribution in [-0.4, -0.2) is 11.2 Å². The minimum absolute atomic E-state index is 0.164. The van der Waals surface area contributed by atoms with Gasteiger partial charge in [0.1, 0.15) is 0 Å². The van der Waals surface area contributed by atoms with Gasteiger partial charge in [0.25, 0.3) is 0 Å². The van der Waals surface area contributed by atoms with E-state index >= 15 is 0 Å². The minimum Gasteiger partial charge on any atom is -0.392 e. The highest BCUT2D eigenvalue weighted by Gasteiger charge is 2.30. The molecule has 0 amide bonds. The molecular weight excluding hydrogens is 220 g/mol. The number of benzene rings is 1. The summed E-state index contributed by atoms with van der Waals surface area (Å²) >= 11 is 0. The van der Waals surface area contributed by atoms with Crippen LogP contribution in [0.1, 0.15) is 48.4 Å². The van der Waals surface area contributed by atoms with Gasteiger partial charge in [-0.25, -0.2) is 0 Å². The van der Waals surface area contributed by atoms with E-state index in [1.54, 1.807) is 0 Å². The summed E-state index contributed by atoms with van der Waals surface area (Å²) in [5, 5.41) is 10.5. The van der Waals surface area contributed by atoms with E-state index in [0.29, 0.717) is 11.8 Å². The minimum atomic E-state index is -0.164. The van der Waals surface area contributed by atoms with Crippen LogP contribution in [0.15, 0.2) is 12.1 Å². The summed E-state index contributed by atoms with van der Waals surface area (Å²) in [5.74, 6) is 1.19. The van der Waals surface area contributed by atoms with Gasteiger partial charge in [0.15, 0.2) is 0 Å². The molecule has 0 bridgehead atoms. The summed E-state index contributed by atoms with van der Waals surface area (Å²) in [4.78, 5) is 0. The number of aliphatic hydroxyl groups is 1. The van der Waals surface area contributed by atoms with E-state index in [0.717, 1.165) is 6.42 Å². The molecule has 0 aromatic heterocycles. The van der Waals surface area contributed by atoms with Crippen molar-refractivity contribution in [3.63, 3.8) is 0 Å². The summed E-state index contributed by atoms with van der Waals surface area (Å²) in [6.45, 7) is 8.76. The van der Waals surface area contributed by atoms with Gasteiger partial charge >= 0.3 is 0 Å². The van der Waals surface area contributed by atoms with E-state index in [4.69, 9.17) is 0 Å². The molecule has 100 valence electrons. The molecule has 1 heteroatoms. The van der Waals surface area contributed by atoms with Crippen LogP contribution in [0.2, 0.25) is 0 Å². The van der Waals surface area contributed by atoms with E-state index in [1.807, 2.05) is 0 Å². The van der Waals surface area contributed by atoms with Crippen LogP contribution in [0, 0.1) is 32.6 Å². The van der Waals surface area contributed by atoms with Gasteiger partial charge in [-0.1, -0.05) is 37.5 Å². The molecule has 1 fully saturated rings. The first kappa shape index (κ1) is 13.6. The van der Waals surface area contributed by atoms with E-state index in [1.165, 1.54) is 41.5 Å². The zero-order valence-corrected chi connectivity index (χ0v) is 12.2. The Hall–Kier alpha value is -0.820. The van der Waals surface area contributed by atoms with Gasteiger partial charge in [0.05, 0.1) is 6.10 Å². The SMILES string of the molecule is Cc1cc(C)c(CC(O)C2CCCC2C)c(C)c1. The first-order valence-corrected chi connectivity index (χ1v) is 7.24. The predicted molar refractivity (Wildman–Crippen MR) is 76.9 cm³/mol. The molecule has 1 saturated carbocycles. The van der Waals surface area contributed by atoms with E-state index in [-0.39, 0.29) is 6.10 Å². The Bertz CT molecular complexity index is 399. The zero-order valence-electron chi connectivity index (χ0n) is 12.2. The summed E-state index contributed by atoms with van der Waals surface area (Å²) in [5.41, 5.74) is 5.33. The molecule has 0 radical (unpaired) electrons. The fraction of sp³-hybridized carbons (Fsp3) is 0.647. The van der Waals surface area contributed by atoms with E-state index in [9.17, 15) is 5.11 Å². The van der Waals surface area contributed by atoms with Gasteiger partial charge in [0, 0.05) is 0 Å². The van der Waals surface area contributed by atoms with Crippen molar-refractivity contribution in [3.8, 4) is 0 Å². The number of rotatable bonds is 3. The third-order valence-corrected chi connectivity index (χ3v) is 4.68. The van der Waals surface area contributed by atoms with Crippen molar-refractivity contribution < 1.29 is 5.11 Å². The van der Waals surface area contributed by atoms with Crippen LogP contribution in [0.25, 0.3) is 0 Å². The quantitative estimate of drug-likeness (QED) is 0.856. The average molecular weight is 246 g/mol. The van der Waals surface area contributed by atoms with E-state index in [2.05, 4.69) is 39.8 Å². The van der Waals surface area contributed by atoms with Gasteiger partial charge in [0.2, 0.25) is 0 Å². The highest BCUT2D eigenvalue weighted by Crippen LogP contribution is 2.35. The lowest BCUT2D eigenvalue weighted by molar-refractivity contribution is 0.0899. The monoisotopic (exact) mass is 246 g/mol. The highest BCUT2D eigenvalue weighted by atomic mass is 16.3. The van der Waals surface area contributed by atoms with Gasteiger partial charge in [-0.05, 0) is 62.1 Å². The molecule has 0 saturated heterocycles. The lowest BCUT2D eigenvalue weighted by Crippen LogP contribution is -2.25. The second-order valence-corrected chi connectivity index (χ2v) is 6.22. The molecular formula is C17H26O. The molecule has 1 aliphatic carbocycles. The molecule has 1 aliphatic rings. The second-order valence-electron chi connectivity index (χ2n) is 6.22. The number of aliphatic hydroxyl groups excluding tert-OH is 1. The van der Waals surface area contributed by atoms with Crippen molar-refractivity contribution in [2.24, 2.45) is 11.8 Å². The fourth-order valence-corrected chi connectivity index (χ4v) is 3.64. The molecule has 0 heterocycles. The van der Waals surface area contributed by atoms with Gasteiger partial charge in [-0.3, -0.25) is 0 Å². The Morgan fingerprint density at radius 3 is 2.28 bits per heavy atom. The highest BCUT2D eigenvalue weighted by molar-refractivity contribution is 5.37. The summed E-state index contributed by atoms with van der Waals surface area (Å²) in [6.07, 6.45) is 4.43. The van der Waals surface area contributed by atoms with Gasteiger partial charge in [-0.15, -0.1) is 0 Å². The second kappa shape index (κ2) is 5.44. The van der Waals surface area contributed by atoms with Crippen molar-refractivity contribution in [1.82, 2.24) is 0 Å². The first-order valence-electron chi connectivity index (χ1n) is 7.24. The standard InChI is InChI=1S/C17H26O/c1-11-8-13(3)16(14(4)9-11)10-17(18)15-7-5-6-12(15)2/h8-9,12,15,17-18H,5-7,10H2,1-4H3. The number of aryl methyl sites for hydroxylation is 3. The molecule has 2 rings (SSSR count). The Morgan fingerprint density at radius 1 is 1.17 bits per heavy atom. The Balaban J connectivity index is 2.14. The van der Waals surface area contributed by atoms with Crippen LogP contribution < -0.4 is 0 Å². The van der Waals surface area contributed by atoms with Crippen LogP contribution in [0.3, 0.4) is 0 Å².